The van der Waals surface area contributed by atoms with Gasteiger partial charge in [-0.05, 0) is 38.0 Å². The Morgan fingerprint density at radius 1 is 1.04 bits per heavy atom. The fourth-order valence-electron chi connectivity index (χ4n) is 3.03. The molecule has 0 saturated heterocycles. The first-order valence-electron chi connectivity index (χ1n) is 8.34. The summed E-state index contributed by atoms with van der Waals surface area (Å²) in [5.41, 5.74) is 1.94. The number of hydrogen-bond acceptors (Lipinski definition) is 4. The molecule has 0 spiro atoms. The van der Waals surface area contributed by atoms with Crippen molar-refractivity contribution in [2.45, 2.75) is 51.5 Å². The standard InChI is InChI=1S/C18H23BrN4/c1-13-11-17(21-15-8-4-2-3-5-9-15)23-18(20-13)22-16-10-6-7-14(19)12-16/h6-7,10-12,15H,2-5,8-9H2,1H3,(H2,20,21,22,23). The van der Waals surface area contributed by atoms with Crippen molar-refractivity contribution in [1.82, 2.24) is 9.97 Å². The third kappa shape index (κ3) is 4.93. The van der Waals surface area contributed by atoms with Gasteiger partial charge in [0.25, 0.3) is 0 Å². The van der Waals surface area contributed by atoms with Crippen LogP contribution in [0.25, 0.3) is 0 Å². The summed E-state index contributed by atoms with van der Waals surface area (Å²) < 4.78 is 1.03. The van der Waals surface area contributed by atoms with E-state index < -0.39 is 0 Å². The van der Waals surface area contributed by atoms with Crippen molar-refractivity contribution in [3.05, 3.63) is 40.5 Å². The molecular formula is C18H23BrN4. The Kier molecular flexibility index (Phi) is 5.49. The van der Waals surface area contributed by atoms with E-state index in [1.165, 1.54) is 38.5 Å². The van der Waals surface area contributed by atoms with Crippen LogP contribution in [0.4, 0.5) is 17.5 Å². The molecule has 2 N–H and O–H groups in total. The highest BCUT2D eigenvalue weighted by atomic mass is 79.9. The number of rotatable bonds is 4. The average Bonchev–Trinajstić information content (AvgIpc) is 2.75. The summed E-state index contributed by atoms with van der Waals surface area (Å²) in [7, 11) is 0. The zero-order chi connectivity index (χ0) is 16.1. The monoisotopic (exact) mass is 374 g/mol. The predicted molar refractivity (Wildman–Crippen MR) is 99.3 cm³/mol. The van der Waals surface area contributed by atoms with Gasteiger partial charge in [0.1, 0.15) is 5.82 Å². The zero-order valence-corrected chi connectivity index (χ0v) is 15.1. The molecule has 0 atom stereocenters. The second-order valence-corrected chi connectivity index (χ2v) is 7.10. The lowest BCUT2D eigenvalue weighted by Crippen LogP contribution is -2.19. The lowest BCUT2D eigenvalue weighted by molar-refractivity contribution is 0.617. The SMILES string of the molecule is Cc1cc(NC2CCCCCC2)nc(Nc2cccc(Br)c2)n1. The molecule has 0 amide bonds. The Morgan fingerprint density at radius 3 is 2.57 bits per heavy atom. The minimum absolute atomic E-state index is 0.533. The topological polar surface area (TPSA) is 49.8 Å². The number of halogens is 1. The molecule has 1 aliphatic carbocycles. The predicted octanol–water partition coefficient (Wildman–Crippen LogP) is 5.43. The molecule has 1 saturated carbocycles. The Hall–Kier alpha value is -1.62. The minimum Gasteiger partial charge on any atom is -0.367 e. The van der Waals surface area contributed by atoms with Crippen molar-refractivity contribution in [2.24, 2.45) is 0 Å². The maximum Gasteiger partial charge on any atom is 0.229 e. The molecule has 1 heterocycles. The number of aromatic nitrogens is 2. The van der Waals surface area contributed by atoms with E-state index in [9.17, 15) is 0 Å². The molecule has 3 rings (SSSR count). The van der Waals surface area contributed by atoms with E-state index >= 15 is 0 Å². The summed E-state index contributed by atoms with van der Waals surface area (Å²) in [4.78, 5) is 9.13. The van der Waals surface area contributed by atoms with Gasteiger partial charge < -0.3 is 10.6 Å². The van der Waals surface area contributed by atoms with Crippen molar-refractivity contribution >= 4 is 33.4 Å². The first kappa shape index (κ1) is 16.2. The van der Waals surface area contributed by atoms with Crippen LogP contribution in [0.5, 0.6) is 0 Å². The molecule has 23 heavy (non-hydrogen) atoms. The molecule has 0 unspecified atom stereocenters. The van der Waals surface area contributed by atoms with Gasteiger partial charge in [-0.2, -0.15) is 4.98 Å². The van der Waals surface area contributed by atoms with Crippen LogP contribution < -0.4 is 10.6 Å². The molecule has 1 fully saturated rings. The van der Waals surface area contributed by atoms with Crippen LogP contribution >= 0.6 is 15.9 Å². The number of nitrogens with zero attached hydrogens (tertiary/aromatic N) is 2. The molecule has 0 radical (unpaired) electrons. The van der Waals surface area contributed by atoms with Crippen molar-refractivity contribution in [1.29, 1.82) is 0 Å². The van der Waals surface area contributed by atoms with Gasteiger partial charge in [0.2, 0.25) is 5.95 Å². The van der Waals surface area contributed by atoms with Crippen LogP contribution in [0.15, 0.2) is 34.8 Å². The smallest absolute Gasteiger partial charge is 0.229 e. The summed E-state index contributed by atoms with van der Waals surface area (Å²) in [5.74, 6) is 1.56. The Balaban J connectivity index is 1.73. The van der Waals surface area contributed by atoms with E-state index in [2.05, 4.69) is 36.5 Å². The van der Waals surface area contributed by atoms with Gasteiger partial charge in [-0.1, -0.05) is 47.7 Å². The minimum atomic E-state index is 0.533. The first-order chi connectivity index (χ1) is 11.2. The maximum atomic E-state index is 4.63. The fourth-order valence-corrected chi connectivity index (χ4v) is 3.43. The number of benzene rings is 1. The molecule has 1 aliphatic rings. The molecule has 0 aliphatic heterocycles. The molecule has 122 valence electrons. The average molecular weight is 375 g/mol. The fraction of sp³-hybridized carbons (Fsp3) is 0.444. The normalized spacial score (nSPS) is 15.9. The summed E-state index contributed by atoms with van der Waals surface area (Å²) in [5, 5.41) is 6.88. The summed E-state index contributed by atoms with van der Waals surface area (Å²) in [6.45, 7) is 2.01. The number of aryl methyl sites for hydroxylation is 1. The third-order valence-electron chi connectivity index (χ3n) is 4.14. The van der Waals surface area contributed by atoms with Gasteiger partial charge in [-0.15, -0.1) is 0 Å². The summed E-state index contributed by atoms with van der Waals surface area (Å²) in [6, 6.07) is 10.6. The van der Waals surface area contributed by atoms with Gasteiger partial charge in [-0.25, -0.2) is 4.98 Å². The van der Waals surface area contributed by atoms with Crippen molar-refractivity contribution < 1.29 is 0 Å². The Morgan fingerprint density at radius 2 is 1.83 bits per heavy atom. The second kappa shape index (κ2) is 7.77. The van der Waals surface area contributed by atoms with Crippen molar-refractivity contribution in [3.8, 4) is 0 Å². The third-order valence-corrected chi connectivity index (χ3v) is 4.64. The van der Waals surface area contributed by atoms with E-state index in [0.29, 0.717) is 12.0 Å². The highest BCUT2D eigenvalue weighted by Crippen LogP contribution is 2.23. The Bertz CT molecular complexity index is 651. The number of anilines is 3. The molecule has 4 nitrogen and oxygen atoms in total. The van der Waals surface area contributed by atoms with Gasteiger partial charge in [-0.3, -0.25) is 0 Å². The van der Waals surface area contributed by atoms with Crippen LogP contribution in [0.1, 0.15) is 44.2 Å². The highest BCUT2D eigenvalue weighted by molar-refractivity contribution is 9.10. The van der Waals surface area contributed by atoms with E-state index in [4.69, 9.17) is 0 Å². The summed E-state index contributed by atoms with van der Waals surface area (Å²) in [6.07, 6.45) is 7.80. The lowest BCUT2D eigenvalue weighted by Gasteiger charge is -2.17. The van der Waals surface area contributed by atoms with Crippen LogP contribution in [-0.2, 0) is 0 Å². The van der Waals surface area contributed by atoms with Gasteiger partial charge >= 0.3 is 0 Å². The van der Waals surface area contributed by atoms with Gasteiger partial charge in [0.05, 0.1) is 0 Å². The van der Waals surface area contributed by atoms with Crippen molar-refractivity contribution in [3.63, 3.8) is 0 Å². The van der Waals surface area contributed by atoms with E-state index in [1.54, 1.807) is 0 Å². The lowest BCUT2D eigenvalue weighted by atomic mass is 10.1. The summed E-state index contributed by atoms with van der Waals surface area (Å²) >= 11 is 3.48. The molecule has 1 aromatic heterocycles. The molecule has 1 aromatic carbocycles. The van der Waals surface area contributed by atoms with Crippen molar-refractivity contribution in [2.75, 3.05) is 10.6 Å². The number of nitrogens with one attached hydrogen (secondary N) is 2. The van der Waals surface area contributed by atoms with Gasteiger partial charge in [0.15, 0.2) is 0 Å². The Labute approximate surface area is 146 Å². The first-order valence-corrected chi connectivity index (χ1v) is 9.13. The van der Waals surface area contributed by atoms with Crippen LogP contribution in [0.2, 0.25) is 0 Å². The van der Waals surface area contributed by atoms with E-state index in [1.807, 2.05) is 37.3 Å². The second-order valence-electron chi connectivity index (χ2n) is 6.19. The van der Waals surface area contributed by atoms with E-state index in [0.717, 1.165) is 21.7 Å². The molecule has 2 aromatic rings. The molecular weight excluding hydrogens is 352 g/mol. The molecule has 5 heteroatoms. The number of hydrogen-bond donors (Lipinski definition) is 2. The van der Waals surface area contributed by atoms with Crippen LogP contribution in [-0.4, -0.2) is 16.0 Å². The zero-order valence-electron chi connectivity index (χ0n) is 13.5. The van der Waals surface area contributed by atoms with Crippen LogP contribution in [0, 0.1) is 6.92 Å². The quantitative estimate of drug-likeness (QED) is 0.700. The highest BCUT2D eigenvalue weighted by Gasteiger charge is 2.13. The molecule has 0 bridgehead atoms. The van der Waals surface area contributed by atoms with Crippen LogP contribution in [0.3, 0.4) is 0 Å². The maximum absolute atomic E-state index is 4.63. The van der Waals surface area contributed by atoms with E-state index in [-0.39, 0.29) is 0 Å². The van der Waals surface area contributed by atoms with Gasteiger partial charge in [0, 0.05) is 28.0 Å². The largest absolute Gasteiger partial charge is 0.367 e.